The smallest absolute Gasteiger partial charge is 0.322 e. The van der Waals surface area contributed by atoms with Crippen molar-refractivity contribution in [2.75, 3.05) is 19.5 Å². The van der Waals surface area contributed by atoms with Gasteiger partial charge < -0.3 is 29.2 Å². The van der Waals surface area contributed by atoms with E-state index in [9.17, 15) is 24.2 Å². The number of anilines is 1. The molecule has 0 aromatic carbocycles. The Kier molecular flexibility index (Phi) is 9.86. The van der Waals surface area contributed by atoms with Crippen molar-refractivity contribution >= 4 is 37.4 Å². The monoisotopic (exact) mass is 580 g/mol. The lowest BCUT2D eigenvalue weighted by atomic mass is 9.95. The molecule has 1 saturated heterocycles. The zero-order valence-electron chi connectivity index (χ0n) is 22.9. The minimum absolute atomic E-state index is 0.164. The number of nitrogens with zero attached hydrogens (tertiary/aromatic N) is 4. The fourth-order valence-corrected chi connectivity index (χ4v) is 4.78. The summed E-state index contributed by atoms with van der Waals surface area (Å²) in [6.07, 6.45) is -2.82. The molecule has 2 aromatic rings. The van der Waals surface area contributed by atoms with E-state index in [4.69, 9.17) is 24.5 Å². The van der Waals surface area contributed by atoms with E-state index in [2.05, 4.69) is 19.9 Å². The molecule has 15 nitrogen and oxygen atoms in total. The van der Waals surface area contributed by atoms with Crippen LogP contribution in [-0.4, -0.2) is 70.1 Å². The molecule has 0 aliphatic carbocycles. The van der Waals surface area contributed by atoms with Crippen LogP contribution in [0.1, 0.15) is 46.4 Å². The first-order chi connectivity index (χ1) is 18.8. The molecule has 3 heterocycles. The molecule has 1 aliphatic rings. The van der Waals surface area contributed by atoms with Gasteiger partial charge in [0, 0.05) is 0 Å². The lowest BCUT2D eigenvalue weighted by Gasteiger charge is -2.29. The summed E-state index contributed by atoms with van der Waals surface area (Å²) in [4.78, 5) is 41.2. The number of nitrogens with two attached hydrogens (primary N) is 1. The Hall–Kier alpha value is -3.57. The van der Waals surface area contributed by atoms with Gasteiger partial charge in [0.15, 0.2) is 18.0 Å². The summed E-state index contributed by atoms with van der Waals surface area (Å²) in [5, 5.41) is 17.0. The summed E-state index contributed by atoms with van der Waals surface area (Å²) in [5.74, 6) is -3.04. The van der Waals surface area contributed by atoms with Crippen LogP contribution in [0, 0.1) is 23.2 Å². The number of esters is 3. The van der Waals surface area contributed by atoms with Crippen LogP contribution in [0.15, 0.2) is 18.5 Å². The first-order valence-corrected chi connectivity index (χ1v) is 13.8. The Bertz CT molecular complexity index is 1330. The second kappa shape index (κ2) is 12.7. The first kappa shape index (κ1) is 31.0. The minimum atomic E-state index is -3.13. The lowest BCUT2D eigenvalue weighted by molar-refractivity contribution is -0.173. The summed E-state index contributed by atoms with van der Waals surface area (Å²) in [5.41, 5.74) is 4.62. The van der Waals surface area contributed by atoms with Crippen molar-refractivity contribution in [3.63, 3.8) is 0 Å². The molecule has 3 rings (SSSR count). The van der Waals surface area contributed by atoms with Gasteiger partial charge in [-0.1, -0.05) is 27.7 Å². The number of methoxy groups -OCH3 is 1. The van der Waals surface area contributed by atoms with Gasteiger partial charge in [-0.05, 0) is 19.1 Å². The number of fused-ring (bicyclic) bond motifs is 1. The molecule has 1 aliphatic heterocycles. The van der Waals surface area contributed by atoms with E-state index < -0.39 is 74.5 Å². The van der Waals surface area contributed by atoms with Gasteiger partial charge in [0.25, 0.3) is 8.18 Å². The normalized spacial score (nSPS) is 24.0. The molecule has 3 N–H and O–H groups in total. The fourth-order valence-electron chi connectivity index (χ4n) is 3.88. The average Bonchev–Trinajstić information content (AvgIpc) is 3.47. The lowest BCUT2D eigenvalue weighted by Crippen LogP contribution is -2.50. The van der Waals surface area contributed by atoms with Crippen LogP contribution < -0.4 is 10.8 Å². The highest BCUT2D eigenvalue weighted by molar-refractivity contribution is 7.36. The Labute approximate surface area is 231 Å². The summed E-state index contributed by atoms with van der Waals surface area (Å²) in [6.45, 7) is 7.15. The number of nitrogen functional groups attached to an aromatic ring is 1. The van der Waals surface area contributed by atoms with Crippen LogP contribution in [-0.2, 0) is 42.4 Å². The van der Waals surface area contributed by atoms with Crippen LogP contribution in [0.25, 0.3) is 5.52 Å². The molecule has 1 fully saturated rings. The van der Waals surface area contributed by atoms with Gasteiger partial charge in [-0.3, -0.25) is 18.9 Å². The molecule has 218 valence electrons. The molecular weight excluding hydrogens is 547 g/mol. The minimum Gasteiger partial charge on any atom is -0.468 e. The van der Waals surface area contributed by atoms with Gasteiger partial charge in [0.05, 0.1) is 24.6 Å². The van der Waals surface area contributed by atoms with Crippen molar-refractivity contribution in [2.45, 2.75) is 64.6 Å². The molecule has 0 radical (unpaired) electrons. The Morgan fingerprint density at radius 3 is 2.42 bits per heavy atom. The maximum absolute atomic E-state index is 12.8. The van der Waals surface area contributed by atoms with Gasteiger partial charge in [-0.25, -0.2) is 14.6 Å². The highest BCUT2D eigenvalue weighted by Crippen LogP contribution is 2.45. The molecule has 2 aromatic heterocycles. The van der Waals surface area contributed by atoms with Crippen LogP contribution in [0.5, 0.6) is 0 Å². The molecule has 16 heteroatoms. The summed E-state index contributed by atoms with van der Waals surface area (Å²) in [7, 11) is -1.96. The zero-order chi connectivity index (χ0) is 29.8. The fraction of sp³-hybridized carbons (Fsp3) is 0.583. The van der Waals surface area contributed by atoms with E-state index in [-0.39, 0.29) is 5.82 Å². The second-order valence-electron chi connectivity index (χ2n) is 9.77. The molecule has 0 bridgehead atoms. The maximum Gasteiger partial charge on any atom is 0.322 e. The van der Waals surface area contributed by atoms with Gasteiger partial charge in [-0.2, -0.15) is 10.4 Å². The summed E-state index contributed by atoms with van der Waals surface area (Å²) in [6, 6.07) is 4.21. The van der Waals surface area contributed by atoms with E-state index in [1.54, 1.807) is 39.8 Å². The third-order valence-corrected chi connectivity index (χ3v) is 7.21. The number of carbonyl (C=O) groups is 3. The van der Waals surface area contributed by atoms with Crippen LogP contribution in [0.2, 0.25) is 0 Å². The van der Waals surface area contributed by atoms with E-state index in [0.29, 0.717) is 11.2 Å². The molecule has 6 atom stereocenters. The number of ether oxygens (including phenoxy) is 4. The SMILES string of the molecule is COC(=O)[C@H](C)N[PH](=O)OC[C@@]1(C#N)O[C@@H](c2ccc3c(N)ncnn23)[C@H](OC(=O)C(C)C)[C@@H]1OC(=O)C(C)C. The van der Waals surface area contributed by atoms with E-state index in [1.165, 1.54) is 24.9 Å². The second-order valence-corrected chi connectivity index (χ2v) is 10.9. The van der Waals surface area contributed by atoms with E-state index >= 15 is 0 Å². The highest BCUT2D eigenvalue weighted by Gasteiger charge is 2.61. The third-order valence-electron chi connectivity index (χ3n) is 6.13. The standard InChI is InChI=1S/C24H33N6O9P/c1-12(2)21(31)37-18-17(15-7-8-16-20(26)27-11-28-30(15)16)39-24(9-25,19(18)38-22(32)13(3)4)10-36-40(34)29-14(5)23(33)35-6/h7-8,11-14,17-19,40H,10H2,1-6H3,(H,29,34)(H2,26,27,28)/t14-,17-,18-,19-,24+/m0/s1. The summed E-state index contributed by atoms with van der Waals surface area (Å²) < 4.78 is 41.8. The largest absolute Gasteiger partial charge is 0.468 e. The number of nitriles is 1. The van der Waals surface area contributed by atoms with Gasteiger partial charge in [0.2, 0.25) is 5.60 Å². The van der Waals surface area contributed by atoms with Gasteiger partial charge >= 0.3 is 17.9 Å². The molecular formula is C24H33N6O9P. The average molecular weight is 581 g/mol. The van der Waals surface area contributed by atoms with Crippen LogP contribution >= 0.6 is 8.18 Å². The quantitative estimate of drug-likeness (QED) is 0.218. The zero-order valence-corrected chi connectivity index (χ0v) is 23.9. The maximum atomic E-state index is 12.8. The molecule has 0 amide bonds. The highest BCUT2D eigenvalue weighted by atomic mass is 31.1. The van der Waals surface area contributed by atoms with Crippen molar-refractivity contribution in [3.05, 3.63) is 24.2 Å². The van der Waals surface area contributed by atoms with Crippen molar-refractivity contribution in [1.29, 1.82) is 5.26 Å². The summed E-state index contributed by atoms with van der Waals surface area (Å²) >= 11 is 0. The van der Waals surface area contributed by atoms with Crippen molar-refractivity contribution in [2.24, 2.45) is 11.8 Å². The van der Waals surface area contributed by atoms with E-state index in [1.807, 2.05) is 6.07 Å². The number of carbonyl (C=O) groups excluding carboxylic acids is 3. The topological polar surface area (TPSA) is 206 Å². The van der Waals surface area contributed by atoms with E-state index in [0.717, 1.165) is 0 Å². The number of hydrogen-bond donors (Lipinski definition) is 2. The van der Waals surface area contributed by atoms with Gasteiger partial charge in [0.1, 0.15) is 36.7 Å². The number of aromatic nitrogens is 3. The Balaban J connectivity index is 2.06. The van der Waals surface area contributed by atoms with Gasteiger partial charge in [-0.15, -0.1) is 0 Å². The van der Waals surface area contributed by atoms with Crippen molar-refractivity contribution in [3.8, 4) is 6.07 Å². The van der Waals surface area contributed by atoms with Crippen LogP contribution in [0.3, 0.4) is 0 Å². The van der Waals surface area contributed by atoms with Crippen LogP contribution in [0.4, 0.5) is 5.82 Å². The number of hydrogen-bond acceptors (Lipinski definition) is 13. The number of rotatable bonds is 11. The molecule has 1 unspecified atom stereocenters. The van der Waals surface area contributed by atoms with Crippen molar-refractivity contribution in [1.82, 2.24) is 19.7 Å². The molecule has 40 heavy (non-hydrogen) atoms. The predicted molar refractivity (Wildman–Crippen MR) is 139 cm³/mol. The molecule has 0 saturated carbocycles. The Morgan fingerprint density at radius 2 is 1.82 bits per heavy atom. The first-order valence-electron chi connectivity index (χ1n) is 12.4. The molecule has 0 spiro atoms. The predicted octanol–water partition coefficient (Wildman–Crippen LogP) is 1.34. The van der Waals surface area contributed by atoms with Crippen molar-refractivity contribution < 1.29 is 42.4 Å². The number of nitrogens with one attached hydrogen (secondary N) is 1. The Morgan fingerprint density at radius 1 is 1.18 bits per heavy atom. The third kappa shape index (κ3) is 6.42.